The number of carbonyl (C=O) groups is 2. The van der Waals surface area contributed by atoms with Gasteiger partial charge in [-0.3, -0.25) is 14.6 Å². The Morgan fingerprint density at radius 2 is 1.88 bits per heavy atom. The van der Waals surface area contributed by atoms with E-state index in [9.17, 15) is 14.0 Å². The molecule has 1 aromatic rings. The number of hydrazine groups is 1. The van der Waals surface area contributed by atoms with Gasteiger partial charge in [-0.2, -0.15) is 0 Å². The molecule has 1 aliphatic heterocycles. The summed E-state index contributed by atoms with van der Waals surface area (Å²) in [7, 11) is 0. The fourth-order valence-electron chi connectivity index (χ4n) is 4.12. The van der Waals surface area contributed by atoms with E-state index in [1.807, 2.05) is 13.8 Å². The van der Waals surface area contributed by atoms with Crippen molar-refractivity contribution in [2.75, 3.05) is 6.54 Å². The first kappa shape index (κ1) is 17.1. The number of amides is 1. The molecule has 1 N–H and O–H groups in total. The van der Waals surface area contributed by atoms with E-state index in [1.165, 1.54) is 48.5 Å². The maximum atomic E-state index is 13.0. The van der Waals surface area contributed by atoms with Crippen LogP contribution in [0.25, 0.3) is 0 Å². The molecule has 0 bridgehead atoms. The number of nitrogens with zero attached hydrogens (tertiary/aromatic N) is 1. The Balaban J connectivity index is 1.72. The number of benzene rings is 1. The number of Topliss-reactive ketones (excluding diaryl/α,β-unsaturated/α-hetero) is 1. The maximum Gasteiger partial charge on any atom is 0.244 e. The van der Waals surface area contributed by atoms with Gasteiger partial charge < -0.3 is 0 Å². The van der Waals surface area contributed by atoms with Crippen LogP contribution in [0.3, 0.4) is 0 Å². The monoisotopic (exact) mass is 332 g/mol. The van der Waals surface area contributed by atoms with Crippen LogP contribution in [-0.2, 0) is 4.79 Å². The third-order valence-corrected chi connectivity index (χ3v) is 5.88. The lowest BCUT2D eigenvalue weighted by atomic mass is 9.66. The van der Waals surface area contributed by atoms with Gasteiger partial charge in [0.1, 0.15) is 12.4 Å². The van der Waals surface area contributed by atoms with Crippen molar-refractivity contribution in [1.82, 2.24) is 10.4 Å². The lowest BCUT2D eigenvalue weighted by molar-refractivity contribution is -0.139. The van der Waals surface area contributed by atoms with E-state index in [-0.39, 0.29) is 30.1 Å². The first-order valence-electron chi connectivity index (χ1n) is 8.80. The number of rotatable bonds is 4. The first-order valence-corrected chi connectivity index (χ1v) is 8.80. The van der Waals surface area contributed by atoms with E-state index in [0.717, 1.165) is 12.8 Å². The van der Waals surface area contributed by atoms with Crippen molar-refractivity contribution in [2.24, 2.45) is 11.3 Å². The molecule has 3 rings (SSSR count). The second-order valence-corrected chi connectivity index (χ2v) is 7.29. The van der Waals surface area contributed by atoms with Gasteiger partial charge in [0.05, 0.1) is 5.41 Å². The molecule has 2 unspecified atom stereocenters. The fourth-order valence-corrected chi connectivity index (χ4v) is 4.12. The van der Waals surface area contributed by atoms with Gasteiger partial charge in [0.15, 0.2) is 5.78 Å². The highest BCUT2D eigenvalue weighted by Gasteiger charge is 2.53. The molecule has 1 aromatic carbocycles. The van der Waals surface area contributed by atoms with Gasteiger partial charge >= 0.3 is 0 Å². The Hall–Kier alpha value is -1.75. The summed E-state index contributed by atoms with van der Waals surface area (Å²) in [6.45, 7) is 4.04. The molecule has 1 amide bonds. The van der Waals surface area contributed by atoms with Gasteiger partial charge in [-0.25, -0.2) is 9.82 Å². The number of hydrogen-bond donors (Lipinski definition) is 1. The average molecular weight is 332 g/mol. The van der Waals surface area contributed by atoms with Crippen molar-refractivity contribution in [3.05, 3.63) is 35.6 Å². The standard InChI is InChI=1S/C19H25FN2O2/c1-13-19(2,15-6-4-3-5-7-15)18(24)22(21-13)12-17(23)14-8-10-16(20)11-9-14/h8-11,13,15,21H,3-7,12H2,1-2H3. The molecule has 2 aliphatic rings. The molecule has 0 aromatic heterocycles. The maximum absolute atomic E-state index is 13.0. The fraction of sp³-hybridized carbons (Fsp3) is 0.579. The van der Waals surface area contributed by atoms with E-state index < -0.39 is 5.41 Å². The van der Waals surface area contributed by atoms with Crippen LogP contribution in [0.2, 0.25) is 0 Å². The Bertz CT molecular complexity index is 625. The smallest absolute Gasteiger partial charge is 0.244 e. The van der Waals surface area contributed by atoms with Crippen LogP contribution < -0.4 is 5.43 Å². The quantitative estimate of drug-likeness (QED) is 0.861. The summed E-state index contributed by atoms with van der Waals surface area (Å²) >= 11 is 0. The van der Waals surface area contributed by atoms with Crippen LogP contribution in [0.4, 0.5) is 4.39 Å². The minimum Gasteiger partial charge on any atom is -0.292 e. The van der Waals surface area contributed by atoms with Gasteiger partial charge in [-0.05, 0) is 56.9 Å². The zero-order valence-electron chi connectivity index (χ0n) is 14.3. The summed E-state index contributed by atoms with van der Waals surface area (Å²) in [5.74, 6) is -0.180. The molecule has 1 saturated carbocycles. The van der Waals surface area contributed by atoms with Gasteiger partial charge in [0.2, 0.25) is 5.91 Å². The summed E-state index contributed by atoms with van der Waals surface area (Å²) in [6, 6.07) is 5.46. The van der Waals surface area contributed by atoms with Crippen LogP contribution in [-0.4, -0.2) is 29.3 Å². The van der Waals surface area contributed by atoms with Crippen molar-refractivity contribution < 1.29 is 14.0 Å². The highest BCUT2D eigenvalue weighted by atomic mass is 19.1. The number of nitrogens with one attached hydrogen (secondary N) is 1. The van der Waals surface area contributed by atoms with E-state index in [0.29, 0.717) is 11.5 Å². The largest absolute Gasteiger partial charge is 0.292 e. The Morgan fingerprint density at radius 3 is 2.50 bits per heavy atom. The normalized spacial score (nSPS) is 28.4. The molecule has 2 atom stereocenters. The summed E-state index contributed by atoms with van der Waals surface area (Å²) in [5.41, 5.74) is 3.16. The summed E-state index contributed by atoms with van der Waals surface area (Å²) in [5, 5.41) is 1.46. The predicted octanol–water partition coefficient (Wildman–Crippen LogP) is 3.33. The van der Waals surface area contributed by atoms with Crippen LogP contribution in [0.5, 0.6) is 0 Å². The molecule has 130 valence electrons. The lowest BCUT2D eigenvalue weighted by Crippen LogP contribution is -2.43. The van der Waals surface area contributed by atoms with Crippen LogP contribution in [0.15, 0.2) is 24.3 Å². The third kappa shape index (κ3) is 2.97. The van der Waals surface area contributed by atoms with Gasteiger partial charge in [0.25, 0.3) is 0 Å². The Labute approximate surface area is 142 Å². The second kappa shape index (κ2) is 6.63. The van der Waals surface area contributed by atoms with Crippen molar-refractivity contribution in [1.29, 1.82) is 0 Å². The first-order chi connectivity index (χ1) is 11.4. The molecule has 1 saturated heterocycles. The molecule has 2 fully saturated rings. The van der Waals surface area contributed by atoms with Crippen LogP contribution >= 0.6 is 0 Å². The number of carbonyl (C=O) groups excluding carboxylic acids is 2. The zero-order chi connectivity index (χ0) is 17.3. The molecule has 5 heteroatoms. The number of hydrogen-bond acceptors (Lipinski definition) is 3. The van der Waals surface area contributed by atoms with E-state index >= 15 is 0 Å². The predicted molar refractivity (Wildman–Crippen MR) is 89.7 cm³/mol. The molecule has 1 heterocycles. The molecule has 4 nitrogen and oxygen atoms in total. The highest BCUT2D eigenvalue weighted by molar-refractivity contribution is 6.00. The average Bonchev–Trinajstić information content (AvgIpc) is 2.81. The zero-order valence-corrected chi connectivity index (χ0v) is 14.3. The molecule has 1 aliphatic carbocycles. The summed E-state index contributed by atoms with van der Waals surface area (Å²) in [6.07, 6.45) is 5.75. The summed E-state index contributed by atoms with van der Waals surface area (Å²) in [4.78, 5) is 25.4. The summed E-state index contributed by atoms with van der Waals surface area (Å²) < 4.78 is 13.0. The molecular weight excluding hydrogens is 307 g/mol. The molecule has 24 heavy (non-hydrogen) atoms. The number of ketones is 1. The van der Waals surface area contributed by atoms with Crippen LogP contribution in [0.1, 0.15) is 56.3 Å². The van der Waals surface area contributed by atoms with Crippen molar-refractivity contribution in [2.45, 2.75) is 52.0 Å². The van der Waals surface area contributed by atoms with E-state index in [1.54, 1.807) is 0 Å². The van der Waals surface area contributed by atoms with Crippen LogP contribution in [0, 0.1) is 17.2 Å². The van der Waals surface area contributed by atoms with E-state index in [2.05, 4.69) is 5.43 Å². The molecule has 0 spiro atoms. The van der Waals surface area contributed by atoms with Gasteiger partial charge in [-0.1, -0.05) is 19.3 Å². The van der Waals surface area contributed by atoms with E-state index in [4.69, 9.17) is 0 Å². The van der Waals surface area contributed by atoms with Crippen molar-refractivity contribution in [3.8, 4) is 0 Å². The lowest BCUT2D eigenvalue weighted by Gasteiger charge is -2.37. The molecular formula is C19H25FN2O2. The second-order valence-electron chi connectivity index (χ2n) is 7.29. The highest BCUT2D eigenvalue weighted by Crippen LogP contribution is 2.44. The van der Waals surface area contributed by atoms with Crippen molar-refractivity contribution >= 4 is 11.7 Å². The Kier molecular flexibility index (Phi) is 4.72. The minimum absolute atomic E-state index is 0.00844. The van der Waals surface area contributed by atoms with Gasteiger partial charge in [-0.15, -0.1) is 0 Å². The number of halogens is 1. The molecule has 0 radical (unpaired) electrons. The van der Waals surface area contributed by atoms with Gasteiger partial charge in [0, 0.05) is 11.6 Å². The Morgan fingerprint density at radius 1 is 1.25 bits per heavy atom. The third-order valence-electron chi connectivity index (χ3n) is 5.88. The van der Waals surface area contributed by atoms with Crippen molar-refractivity contribution in [3.63, 3.8) is 0 Å². The minimum atomic E-state index is -0.455. The SMILES string of the molecule is CC1NN(CC(=O)c2ccc(F)cc2)C(=O)C1(C)C1CCCCC1. The topological polar surface area (TPSA) is 49.4 Å².